The van der Waals surface area contributed by atoms with E-state index in [4.69, 9.17) is 5.73 Å². The zero-order valence-electron chi connectivity index (χ0n) is 12.6. The van der Waals surface area contributed by atoms with Crippen LogP contribution in [0, 0.1) is 0 Å². The lowest BCUT2D eigenvalue weighted by Crippen LogP contribution is -2.28. The topological polar surface area (TPSA) is 66.5 Å². The number of aliphatic hydroxyl groups is 1. The number of rotatable bonds is 4. The highest BCUT2D eigenvalue weighted by Crippen LogP contribution is 2.33. The van der Waals surface area contributed by atoms with Crippen LogP contribution in [0.2, 0.25) is 0 Å². The molecule has 0 fully saturated rings. The fourth-order valence-corrected chi connectivity index (χ4v) is 2.81. The van der Waals surface area contributed by atoms with Gasteiger partial charge in [-0.15, -0.1) is 12.4 Å². The lowest BCUT2D eigenvalue weighted by atomic mass is 9.92. The minimum absolute atomic E-state index is 0. The maximum atomic E-state index is 10.5. The second-order valence-electron chi connectivity index (χ2n) is 5.50. The molecule has 0 aliphatic heterocycles. The van der Waals surface area contributed by atoms with E-state index in [1.165, 1.54) is 0 Å². The molecule has 23 heavy (non-hydrogen) atoms. The monoisotopic (exact) mass is 329 g/mol. The van der Waals surface area contributed by atoms with E-state index in [1.807, 2.05) is 60.7 Å². The summed E-state index contributed by atoms with van der Waals surface area (Å²) in [6.07, 6.45) is -0.316. The highest BCUT2D eigenvalue weighted by molar-refractivity contribution is 5.88. The molecule has 0 amide bonds. The number of hydrogen-bond donors (Lipinski definition) is 3. The highest BCUT2D eigenvalue weighted by Gasteiger charge is 2.22. The first kappa shape index (κ1) is 17.3. The fourth-order valence-electron chi connectivity index (χ4n) is 2.81. The number of phenols is 1. The van der Waals surface area contributed by atoms with Gasteiger partial charge >= 0.3 is 0 Å². The summed E-state index contributed by atoms with van der Waals surface area (Å²) in [5.41, 5.74) is 7.86. The third-order valence-electron chi connectivity index (χ3n) is 3.98. The molecule has 0 bridgehead atoms. The molecule has 3 nitrogen and oxygen atoms in total. The van der Waals surface area contributed by atoms with E-state index in [9.17, 15) is 10.2 Å². The third-order valence-corrected chi connectivity index (χ3v) is 3.98. The summed E-state index contributed by atoms with van der Waals surface area (Å²) in [5, 5.41) is 22.5. The lowest BCUT2D eigenvalue weighted by molar-refractivity contribution is 0.144. The highest BCUT2D eigenvalue weighted by atomic mass is 35.5. The molecule has 0 spiro atoms. The molecule has 0 radical (unpaired) electrons. The third kappa shape index (κ3) is 3.64. The number of hydrogen-bond acceptors (Lipinski definition) is 3. The maximum absolute atomic E-state index is 10.5. The molecule has 0 saturated carbocycles. The van der Waals surface area contributed by atoms with Crippen molar-refractivity contribution < 1.29 is 10.2 Å². The molecule has 4 N–H and O–H groups in total. The zero-order valence-corrected chi connectivity index (χ0v) is 13.4. The smallest absolute Gasteiger partial charge is 0.121 e. The molecule has 120 valence electrons. The summed E-state index contributed by atoms with van der Waals surface area (Å²) in [6, 6.07) is 20.3. The van der Waals surface area contributed by atoms with Crippen molar-refractivity contribution in [2.45, 2.75) is 18.6 Å². The molecule has 0 aliphatic rings. The Morgan fingerprint density at radius 3 is 2.26 bits per heavy atom. The number of nitrogens with two attached hydrogens (primary N) is 1. The molecule has 3 aromatic carbocycles. The summed E-state index contributed by atoms with van der Waals surface area (Å²) < 4.78 is 0. The van der Waals surface area contributed by atoms with Crippen LogP contribution in [0.4, 0.5) is 0 Å². The van der Waals surface area contributed by atoms with Crippen LogP contribution in [0.5, 0.6) is 5.75 Å². The van der Waals surface area contributed by atoms with Crippen molar-refractivity contribution in [3.05, 3.63) is 77.9 Å². The van der Waals surface area contributed by atoms with Crippen molar-refractivity contribution in [3.8, 4) is 5.75 Å². The Kier molecular flexibility index (Phi) is 5.61. The van der Waals surface area contributed by atoms with Gasteiger partial charge in [0.15, 0.2) is 0 Å². The van der Waals surface area contributed by atoms with E-state index in [2.05, 4.69) is 0 Å². The quantitative estimate of drug-likeness (QED) is 0.685. The van der Waals surface area contributed by atoms with Gasteiger partial charge in [-0.1, -0.05) is 60.7 Å². The van der Waals surface area contributed by atoms with E-state index in [0.29, 0.717) is 12.0 Å². The van der Waals surface area contributed by atoms with Gasteiger partial charge in [0.1, 0.15) is 5.75 Å². The number of aliphatic hydroxyl groups excluding tert-OH is 1. The first-order chi connectivity index (χ1) is 10.7. The fraction of sp³-hybridized carbons (Fsp3) is 0.158. The van der Waals surface area contributed by atoms with Gasteiger partial charge < -0.3 is 15.9 Å². The van der Waals surface area contributed by atoms with E-state index in [1.54, 1.807) is 6.07 Å². The van der Waals surface area contributed by atoms with Crippen LogP contribution in [-0.2, 0) is 6.42 Å². The predicted octanol–water partition coefficient (Wildman–Crippen LogP) is 3.57. The van der Waals surface area contributed by atoms with Gasteiger partial charge in [-0.3, -0.25) is 0 Å². The van der Waals surface area contributed by atoms with Crippen molar-refractivity contribution in [1.82, 2.24) is 0 Å². The van der Waals surface area contributed by atoms with Crippen molar-refractivity contribution in [1.29, 1.82) is 0 Å². The Hall–Kier alpha value is -2.07. The molecule has 0 aliphatic carbocycles. The number of benzene rings is 3. The van der Waals surface area contributed by atoms with Gasteiger partial charge in [-0.2, -0.15) is 0 Å². The van der Waals surface area contributed by atoms with E-state index in [-0.39, 0.29) is 18.2 Å². The number of fused-ring (bicyclic) bond motifs is 1. The van der Waals surface area contributed by atoms with E-state index in [0.717, 1.165) is 16.3 Å². The van der Waals surface area contributed by atoms with Crippen LogP contribution in [0.15, 0.2) is 66.7 Å². The largest absolute Gasteiger partial charge is 0.508 e. The summed E-state index contributed by atoms with van der Waals surface area (Å²) in [4.78, 5) is 0. The zero-order chi connectivity index (χ0) is 15.5. The van der Waals surface area contributed by atoms with Crippen molar-refractivity contribution in [2.24, 2.45) is 5.73 Å². The Morgan fingerprint density at radius 1 is 0.870 bits per heavy atom. The normalized spacial score (nSPS) is 13.3. The molecular weight excluding hydrogens is 310 g/mol. The summed E-state index contributed by atoms with van der Waals surface area (Å²) in [6.45, 7) is 0. The SMILES string of the molecule is Cl.N[C@H](c1c(O)ccc2ccccc12)[C@@H](O)Cc1ccccc1. The van der Waals surface area contributed by atoms with Crippen LogP contribution >= 0.6 is 12.4 Å². The molecule has 2 atom stereocenters. The Balaban J connectivity index is 0.00000192. The molecule has 3 rings (SSSR count). The lowest BCUT2D eigenvalue weighted by Gasteiger charge is -2.22. The molecular formula is C19H20ClNO2. The summed E-state index contributed by atoms with van der Waals surface area (Å²) >= 11 is 0. The van der Waals surface area contributed by atoms with Crippen LogP contribution < -0.4 is 5.73 Å². The number of aromatic hydroxyl groups is 1. The Labute approximate surface area is 141 Å². The van der Waals surface area contributed by atoms with Gasteiger partial charge in [-0.25, -0.2) is 0 Å². The standard InChI is InChI=1S/C19H19NO2.ClH/c20-19(17(22)12-13-6-2-1-3-7-13)18-15-9-5-4-8-14(15)10-11-16(18)21;/h1-11,17,19,21-22H,12,20H2;1H/t17-,19-;/m0./s1. The average molecular weight is 330 g/mol. The van der Waals surface area contributed by atoms with Crippen molar-refractivity contribution in [3.63, 3.8) is 0 Å². The minimum Gasteiger partial charge on any atom is -0.508 e. The number of phenolic OH excluding ortho intramolecular Hbond substituents is 1. The number of halogens is 1. The molecule has 0 saturated heterocycles. The van der Waals surface area contributed by atoms with E-state index < -0.39 is 12.1 Å². The van der Waals surface area contributed by atoms with Crippen LogP contribution in [-0.4, -0.2) is 16.3 Å². The van der Waals surface area contributed by atoms with Gasteiger partial charge in [0.2, 0.25) is 0 Å². The summed E-state index contributed by atoms with van der Waals surface area (Å²) in [5.74, 6) is 0.123. The first-order valence-corrected chi connectivity index (χ1v) is 7.35. The average Bonchev–Trinajstić information content (AvgIpc) is 2.55. The maximum Gasteiger partial charge on any atom is 0.121 e. The van der Waals surface area contributed by atoms with Crippen molar-refractivity contribution in [2.75, 3.05) is 0 Å². The van der Waals surface area contributed by atoms with Crippen LogP contribution in [0.3, 0.4) is 0 Å². The molecule has 0 unspecified atom stereocenters. The molecule has 4 heteroatoms. The molecule has 3 aromatic rings. The second kappa shape index (κ2) is 7.47. The van der Waals surface area contributed by atoms with Crippen molar-refractivity contribution >= 4 is 23.2 Å². The van der Waals surface area contributed by atoms with Gasteiger partial charge in [-0.05, 0) is 22.4 Å². The Morgan fingerprint density at radius 2 is 1.52 bits per heavy atom. The van der Waals surface area contributed by atoms with Crippen LogP contribution in [0.25, 0.3) is 10.8 Å². The Bertz CT molecular complexity index is 777. The predicted molar refractivity (Wildman–Crippen MR) is 95.9 cm³/mol. The summed E-state index contributed by atoms with van der Waals surface area (Å²) in [7, 11) is 0. The van der Waals surface area contributed by atoms with Crippen LogP contribution in [0.1, 0.15) is 17.2 Å². The van der Waals surface area contributed by atoms with Gasteiger partial charge in [0.25, 0.3) is 0 Å². The van der Waals surface area contributed by atoms with Gasteiger partial charge in [0.05, 0.1) is 12.1 Å². The molecule has 0 aromatic heterocycles. The van der Waals surface area contributed by atoms with Gasteiger partial charge in [0, 0.05) is 12.0 Å². The second-order valence-corrected chi connectivity index (χ2v) is 5.50. The first-order valence-electron chi connectivity index (χ1n) is 7.35. The van der Waals surface area contributed by atoms with E-state index >= 15 is 0 Å². The minimum atomic E-state index is -0.765. The molecule has 0 heterocycles.